The molecule has 4 aromatic carbocycles. The van der Waals surface area contributed by atoms with Gasteiger partial charge in [-0.25, -0.2) is 0 Å². The summed E-state index contributed by atoms with van der Waals surface area (Å²) in [6.07, 6.45) is 5.91. The van der Waals surface area contributed by atoms with E-state index in [0.717, 1.165) is 25.7 Å². The van der Waals surface area contributed by atoms with Gasteiger partial charge in [0.05, 0.1) is 22.8 Å². The van der Waals surface area contributed by atoms with E-state index < -0.39 is 0 Å². The molecule has 2 aliphatic carbocycles. The summed E-state index contributed by atoms with van der Waals surface area (Å²) in [6, 6.07) is 29.8. The van der Waals surface area contributed by atoms with Gasteiger partial charge in [-0.3, -0.25) is 4.98 Å². The second kappa shape index (κ2) is 6.28. The van der Waals surface area contributed by atoms with Crippen molar-refractivity contribution >= 4 is 17.1 Å². The molecule has 2 heteroatoms. The maximum absolute atomic E-state index is 4.77. The SMILES string of the molecule is c1ccc2c(c1)Cc1cc3c(cc1-2)-c1c(ccc2c1Cc1cccc4c1N2c1cccnc1C4)C3. The molecular weight excluding hydrogens is 424 g/mol. The van der Waals surface area contributed by atoms with E-state index in [2.05, 4.69) is 83.8 Å². The highest BCUT2D eigenvalue weighted by Gasteiger charge is 2.35. The van der Waals surface area contributed by atoms with E-state index in [1.165, 1.54) is 84.0 Å². The summed E-state index contributed by atoms with van der Waals surface area (Å²) in [4.78, 5) is 7.27. The molecule has 2 nitrogen and oxygen atoms in total. The third-order valence-electron chi connectivity index (χ3n) is 8.54. The first-order valence-electron chi connectivity index (χ1n) is 12.6. The molecule has 35 heavy (non-hydrogen) atoms. The Bertz CT molecular complexity index is 1760. The van der Waals surface area contributed by atoms with E-state index in [1.54, 1.807) is 0 Å². The molecule has 1 aromatic heterocycles. The third-order valence-corrected chi connectivity index (χ3v) is 8.54. The van der Waals surface area contributed by atoms with Crippen molar-refractivity contribution in [3.63, 3.8) is 0 Å². The first-order chi connectivity index (χ1) is 17.3. The minimum absolute atomic E-state index is 0.907. The zero-order chi connectivity index (χ0) is 22.7. The molecule has 0 amide bonds. The molecule has 4 aliphatic rings. The average molecular weight is 447 g/mol. The molecule has 0 saturated heterocycles. The van der Waals surface area contributed by atoms with Gasteiger partial charge < -0.3 is 4.90 Å². The largest absolute Gasteiger partial charge is 0.308 e. The summed E-state index contributed by atoms with van der Waals surface area (Å²) < 4.78 is 0. The highest BCUT2D eigenvalue weighted by atomic mass is 15.2. The lowest BCUT2D eigenvalue weighted by Gasteiger charge is -2.39. The number of hydrogen-bond acceptors (Lipinski definition) is 2. The molecule has 5 aromatic rings. The number of hydrogen-bond donors (Lipinski definition) is 0. The average Bonchev–Trinajstić information content (AvgIpc) is 3.44. The van der Waals surface area contributed by atoms with Gasteiger partial charge in [0, 0.05) is 19.0 Å². The molecule has 0 radical (unpaired) electrons. The van der Waals surface area contributed by atoms with Crippen LogP contribution >= 0.6 is 0 Å². The van der Waals surface area contributed by atoms with Crippen molar-refractivity contribution in [2.45, 2.75) is 25.7 Å². The van der Waals surface area contributed by atoms with Crippen molar-refractivity contribution < 1.29 is 0 Å². The molecule has 0 spiro atoms. The summed E-state index contributed by atoms with van der Waals surface area (Å²) in [6.45, 7) is 0. The first kappa shape index (κ1) is 18.2. The van der Waals surface area contributed by atoms with Gasteiger partial charge in [-0.1, -0.05) is 54.6 Å². The van der Waals surface area contributed by atoms with Crippen molar-refractivity contribution in [3.8, 4) is 22.3 Å². The van der Waals surface area contributed by atoms with Gasteiger partial charge in [0.1, 0.15) is 0 Å². The molecule has 0 fully saturated rings. The van der Waals surface area contributed by atoms with Crippen LogP contribution in [0.2, 0.25) is 0 Å². The van der Waals surface area contributed by atoms with Gasteiger partial charge in [-0.05, 0) is 98.3 Å². The molecule has 0 atom stereocenters. The summed E-state index contributed by atoms with van der Waals surface area (Å²) >= 11 is 0. The third kappa shape index (κ3) is 2.27. The molecule has 0 N–H and O–H groups in total. The number of fused-ring (bicyclic) bond motifs is 11. The van der Waals surface area contributed by atoms with Gasteiger partial charge >= 0.3 is 0 Å². The number of pyridine rings is 1. The Labute approximate surface area is 204 Å². The second-order valence-corrected chi connectivity index (χ2v) is 10.4. The molecule has 0 saturated carbocycles. The molecule has 3 heterocycles. The Balaban J connectivity index is 1.30. The monoisotopic (exact) mass is 446 g/mol. The Kier molecular flexibility index (Phi) is 3.27. The Morgan fingerprint density at radius 3 is 2.34 bits per heavy atom. The van der Waals surface area contributed by atoms with Gasteiger partial charge in [0.2, 0.25) is 0 Å². The second-order valence-electron chi connectivity index (χ2n) is 10.4. The van der Waals surface area contributed by atoms with Crippen molar-refractivity contribution in [3.05, 3.63) is 130 Å². The number of para-hydroxylation sites is 1. The van der Waals surface area contributed by atoms with E-state index in [9.17, 15) is 0 Å². The predicted octanol–water partition coefficient (Wildman–Crippen LogP) is 7.50. The Morgan fingerprint density at radius 1 is 0.543 bits per heavy atom. The van der Waals surface area contributed by atoms with Crippen molar-refractivity contribution in [1.29, 1.82) is 0 Å². The highest BCUT2D eigenvalue weighted by molar-refractivity contribution is 5.95. The lowest BCUT2D eigenvalue weighted by Crippen LogP contribution is -2.25. The molecule has 0 unspecified atom stereocenters. The summed E-state index contributed by atoms with van der Waals surface area (Å²) in [5.41, 5.74) is 21.0. The van der Waals surface area contributed by atoms with Gasteiger partial charge in [-0.15, -0.1) is 0 Å². The number of nitrogens with zero attached hydrogens (tertiary/aromatic N) is 2. The standard InChI is InChI=1S/C33H22N2/c1-2-8-25-19(5-1)13-23-15-24-14-20-10-11-30-28(32(20)27(24)18-26(23)25)16-21-6-3-7-22-17-29-31(9-4-12-34-29)35(30)33(21)22/h1-12,15,18H,13-14,16-17H2. The van der Waals surface area contributed by atoms with Crippen LogP contribution in [-0.4, -0.2) is 4.98 Å². The van der Waals surface area contributed by atoms with Crippen LogP contribution in [0.25, 0.3) is 22.3 Å². The van der Waals surface area contributed by atoms with E-state index >= 15 is 0 Å². The minimum Gasteiger partial charge on any atom is -0.308 e. The smallest absolute Gasteiger partial charge is 0.0688 e. The van der Waals surface area contributed by atoms with Crippen LogP contribution in [0.5, 0.6) is 0 Å². The van der Waals surface area contributed by atoms with Crippen LogP contribution in [-0.2, 0) is 25.7 Å². The van der Waals surface area contributed by atoms with Crippen LogP contribution in [0.3, 0.4) is 0 Å². The summed E-state index contributed by atoms with van der Waals surface area (Å²) in [7, 11) is 0. The highest BCUT2D eigenvalue weighted by Crippen LogP contribution is 2.54. The maximum Gasteiger partial charge on any atom is 0.0688 e. The van der Waals surface area contributed by atoms with E-state index in [0.29, 0.717) is 0 Å². The van der Waals surface area contributed by atoms with E-state index in [-0.39, 0.29) is 0 Å². The normalized spacial score (nSPS) is 14.9. The van der Waals surface area contributed by atoms with E-state index in [4.69, 9.17) is 4.98 Å². The summed E-state index contributed by atoms with van der Waals surface area (Å²) in [5, 5.41) is 0. The van der Waals surface area contributed by atoms with Crippen LogP contribution in [0, 0.1) is 0 Å². The van der Waals surface area contributed by atoms with Gasteiger partial charge in [0.25, 0.3) is 0 Å². The molecule has 2 aliphatic heterocycles. The Hall–Kier alpha value is -4.17. The van der Waals surface area contributed by atoms with Gasteiger partial charge in [0.15, 0.2) is 0 Å². The summed E-state index contributed by atoms with van der Waals surface area (Å²) in [5.74, 6) is 0. The predicted molar refractivity (Wildman–Crippen MR) is 141 cm³/mol. The number of benzene rings is 4. The zero-order valence-corrected chi connectivity index (χ0v) is 19.3. The van der Waals surface area contributed by atoms with Crippen molar-refractivity contribution in [2.75, 3.05) is 4.90 Å². The fourth-order valence-corrected chi connectivity index (χ4v) is 7.10. The number of aromatic nitrogens is 1. The van der Waals surface area contributed by atoms with Crippen LogP contribution in [0.1, 0.15) is 44.6 Å². The molecule has 9 rings (SSSR count). The quantitative estimate of drug-likeness (QED) is 0.240. The first-order valence-corrected chi connectivity index (χ1v) is 12.6. The number of anilines is 3. The fourth-order valence-electron chi connectivity index (χ4n) is 7.10. The van der Waals surface area contributed by atoms with Gasteiger partial charge in [-0.2, -0.15) is 0 Å². The van der Waals surface area contributed by atoms with Crippen LogP contribution in [0.4, 0.5) is 17.1 Å². The Morgan fingerprint density at radius 2 is 1.37 bits per heavy atom. The fraction of sp³-hybridized carbons (Fsp3) is 0.121. The minimum atomic E-state index is 0.907. The lowest BCUT2D eigenvalue weighted by molar-refractivity contribution is 0.971. The lowest BCUT2D eigenvalue weighted by atomic mass is 9.84. The van der Waals surface area contributed by atoms with E-state index in [1.807, 2.05) is 6.20 Å². The van der Waals surface area contributed by atoms with Crippen LogP contribution < -0.4 is 4.90 Å². The topological polar surface area (TPSA) is 16.1 Å². The molecule has 164 valence electrons. The van der Waals surface area contributed by atoms with Crippen LogP contribution in [0.15, 0.2) is 85.1 Å². The molecular formula is C33H22N2. The number of rotatable bonds is 0. The maximum atomic E-state index is 4.77. The van der Waals surface area contributed by atoms with Crippen molar-refractivity contribution in [1.82, 2.24) is 4.98 Å². The zero-order valence-electron chi connectivity index (χ0n) is 19.3. The molecule has 0 bridgehead atoms. The van der Waals surface area contributed by atoms with Crippen molar-refractivity contribution in [2.24, 2.45) is 0 Å².